The molecule has 0 bridgehead atoms. The predicted molar refractivity (Wildman–Crippen MR) is 81.2 cm³/mol. The Morgan fingerprint density at radius 2 is 1.95 bits per heavy atom. The number of urea groups is 1. The third-order valence-corrected chi connectivity index (χ3v) is 2.80. The second kappa shape index (κ2) is 10.5. The van der Waals surface area contributed by atoms with Gasteiger partial charge in [-0.1, -0.05) is 25.5 Å². The monoisotopic (exact) mass is 293 g/mol. The first-order valence-electron chi connectivity index (χ1n) is 7.16. The van der Waals surface area contributed by atoms with Gasteiger partial charge >= 0.3 is 6.03 Å². The number of carbonyl (C=O) groups is 2. The molecule has 6 nitrogen and oxygen atoms in total. The number of amides is 3. The normalized spacial score (nSPS) is 9.76. The van der Waals surface area contributed by atoms with Crippen molar-refractivity contribution in [1.82, 2.24) is 16.0 Å². The van der Waals surface area contributed by atoms with Crippen LogP contribution in [0.3, 0.4) is 0 Å². The molecule has 0 aliphatic carbocycles. The molecule has 0 atom stereocenters. The van der Waals surface area contributed by atoms with Crippen LogP contribution in [0.15, 0.2) is 24.3 Å². The van der Waals surface area contributed by atoms with Gasteiger partial charge in [-0.05, 0) is 30.5 Å². The molecule has 3 N–H and O–H groups in total. The molecule has 1 rings (SSSR count). The smallest absolute Gasteiger partial charge is 0.317 e. The number of rotatable bonds is 10. The highest BCUT2D eigenvalue weighted by molar-refractivity contribution is 5.73. The van der Waals surface area contributed by atoms with Crippen molar-refractivity contribution >= 4 is 12.4 Å². The molecule has 0 aromatic heterocycles. The molecular formula is C15H23N3O3. The molecule has 0 unspecified atom stereocenters. The molecule has 6 heteroatoms. The van der Waals surface area contributed by atoms with Crippen molar-refractivity contribution < 1.29 is 14.3 Å². The first-order chi connectivity index (χ1) is 10.3. The minimum absolute atomic E-state index is 0.117. The van der Waals surface area contributed by atoms with E-state index in [4.69, 9.17) is 4.74 Å². The first-order valence-corrected chi connectivity index (χ1v) is 7.16. The van der Waals surface area contributed by atoms with E-state index < -0.39 is 0 Å². The highest BCUT2D eigenvalue weighted by Crippen LogP contribution is 2.12. The first kappa shape index (κ1) is 16.8. The summed E-state index contributed by atoms with van der Waals surface area (Å²) in [7, 11) is 0. The zero-order chi connectivity index (χ0) is 15.3. The Bertz CT molecular complexity index is 421. The summed E-state index contributed by atoms with van der Waals surface area (Å²) in [5, 5.41) is 7.79. The Balaban J connectivity index is 2.12. The fraction of sp³-hybridized carbons (Fsp3) is 0.467. The van der Waals surface area contributed by atoms with Gasteiger partial charge in [0.25, 0.3) is 0 Å². The molecule has 0 saturated heterocycles. The van der Waals surface area contributed by atoms with Crippen LogP contribution in [-0.4, -0.2) is 32.3 Å². The number of ether oxygens (including phenoxy) is 1. The molecule has 0 aliphatic rings. The maximum atomic E-state index is 11.4. The van der Waals surface area contributed by atoms with Crippen LogP contribution in [0.1, 0.15) is 25.3 Å². The van der Waals surface area contributed by atoms with E-state index in [0.717, 1.165) is 18.6 Å². The molecule has 0 heterocycles. The van der Waals surface area contributed by atoms with Gasteiger partial charge in [-0.2, -0.15) is 0 Å². The lowest BCUT2D eigenvalue weighted by molar-refractivity contribution is -0.109. The van der Waals surface area contributed by atoms with Crippen molar-refractivity contribution in [1.29, 1.82) is 0 Å². The average Bonchev–Trinajstić information content (AvgIpc) is 2.49. The van der Waals surface area contributed by atoms with Gasteiger partial charge in [0.2, 0.25) is 6.41 Å². The summed E-state index contributed by atoms with van der Waals surface area (Å²) in [5.74, 6) is 0.727. The fourth-order valence-electron chi connectivity index (χ4n) is 1.74. The third-order valence-electron chi connectivity index (χ3n) is 2.80. The summed E-state index contributed by atoms with van der Waals surface area (Å²) in [5.41, 5.74) is 1.28. The second-order valence-corrected chi connectivity index (χ2v) is 4.54. The average molecular weight is 293 g/mol. The van der Waals surface area contributed by atoms with Crippen molar-refractivity contribution in [2.24, 2.45) is 0 Å². The van der Waals surface area contributed by atoms with Gasteiger partial charge in [0.15, 0.2) is 6.73 Å². The lowest BCUT2D eigenvalue weighted by atomic mass is 10.1. The van der Waals surface area contributed by atoms with Crippen molar-refractivity contribution in [2.45, 2.75) is 26.2 Å². The molecular weight excluding hydrogens is 270 g/mol. The van der Waals surface area contributed by atoms with Crippen molar-refractivity contribution in [3.8, 4) is 5.75 Å². The number of carbonyl (C=O) groups excluding carboxylic acids is 2. The second-order valence-electron chi connectivity index (χ2n) is 4.54. The van der Waals surface area contributed by atoms with E-state index in [0.29, 0.717) is 25.9 Å². The predicted octanol–water partition coefficient (Wildman–Crippen LogP) is 1.41. The lowest BCUT2D eigenvalue weighted by Crippen LogP contribution is -2.38. The quantitative estimate of drug-likeness (QED) is 0.347. The molecule has 0 saturated carbocycles. The Labute approximate surface area is 125 Å². The van der Waals surface area contributed by atoms with Crippen LogP contribution in [0.25, 0.3) is 0 Å². The molecule has 0 radical (unpaired) electrons. The minimum Gasteiger partial charge on any atom is -0.473 e. The summed E-state index contributed by atoms with van der Waals surface area (Å²) in [6.45, 7) is 3.30. The van der Waals surface area contributed by atoms with Crippen molar-refractivity contribution in [3.05, 3.63) is 29.8 Å². The maximum absolute atomic E-state index is 11.4. The van der Waals surface area contributed by atoms with E-state index in [1.807, 2.05) is 24.3 Å². The van der Waals surface area contributed by atoms with E-state index in [2.05, 4.69) is 22.9 Å². The van der Waals surface area contributed by atoms with Crippen LogP contribution in [0.4, 0.5) is 4.79 Å². The Hall–Kier alpha value is -2.24. The van der Waals surface area contributed by atoms with Crippen LogP contribution in [0.2, 0.25) is 0 Å². The number of nitrogens with one attached hydrogen (secondary N) is 3. The van der Waals surface area contributed by atoms with Gasteiger partial charge in [-0.25, -0.2) is 4.79 Å². The summed E-state index contributed by atoms with van der Waals surface area (Å²) in [6, 6.07) is 7.56. The summed E-state index contributed by atoms with van der Waals surface area (Å²) in [4.78, 5) is 21.4. The van der Waals surface area contributed by atoms with Crippen LogP contribution in [0, 0.1) is 0 Å². The van der Waals surface area contributed by atoms with Crippen LogP contribution in [0.5, 0.6) is 5.75 Å². The van der Waals surface area contributed by atoms with Gasteiger partial charge in [-0.3, -0.25) is 4.79 Å². The van der Waals surface area contributed by atoms with E-state index in [1.54, 1.807) is 0 Å². The summed E-state index contributed by atoms with van der Waals surface area (Å²) < 4.78 is 5.42. The number of aryl methyl sites for hydroxylation is 1. The van der Waals surface area contributed by atoms with Gasteiger partial charge in [0.05, 0.1) is 0 Å². The number of benzene rings is 1. The van der Waals surface area contributed by atoms with E-state index in [9.17, 15) is 9.59 Å². The molecule has 3 amide bonds. The van der Waals surface area contributed by atoms with Crippen LogP contribution >= 0.6 is 0 Å². The zero-order valence-electron chi connectivity index (χ0n) is 12.4. The Morgan fingerprint density at radius 3 is 2.62 bits per heavy atom. The van der Waals surface area contributed by atoms with Crippen LogP contribution in [-0.2, 0) is 11.2 Å². The topological polar surface area (TPSA) is 79.5 Å². The largest absolute Gasteiger partial charge is 0.473 e. The van der Waals surface area contributed by atoms with Gasteiger partial charge < -0.3 is 20.7 Å². The fourth-order valence-corrected chi connectivity index (χ4v) is 1.74. The molecule has 0 spiro atoms. The van der Waals surface area contributed by atoms with E-state index >= 15 is 0 Å². The van der Waals surface area contributed by atoms with Gasteiger partial charge in [0, 0.05) is 13.1 Å². The molecule has 116 valence electrons. The Morgan fingerprint density at radius 1 is 1.19 bits per heavy atom. The standard InChI is InChI=1S/C15H23N3O3/c1-2-4-13-5-7-14(8-6-13)21-12-18-15(20)17-10-3-9-16-11-19/h5-8,11H,2-4,9-10,12H2,1H3,(H,16,19)(H2,17,18,20). The molecule has 0 fully saturated rings. The van der Waals surface area contributed by atoms with Gasteiger partial charge in [0.1, 0.15) is 5.75 Å². The minimum atomic E-state index is -0.288. The molecule has 21 heavy (non-hydrogen) atoms. The van der Waals surface area contributed by atoms with Crippen LogP contribution < -0.4 is 20.7 Å². The number of hydrogen-bond acceptors (Lipinski definition) is 3. The molecule has 0 aliphatic heterocycles. The zero-order valence-corrected chi connectivity index (χ0v) is 12.4. The Kier molecular flexibility index (Phi) is 8.44. The van der Waals surface area contributed by atoms with Crippen molar-refractivity contribution in [3.63, 3.8) is 0 Å². The maximum Gasteiger partial charge on any atom is 0.317 e. The van der Waals surface area contributed by atoms with Gasteiger partial charge in [-0.15, -0.1) is 0 Å². The molecule has 1 aromatic carbocycles. The highest BCUT2D eigenvalue weighted by Gasteiger charge is 1.99. The lowest BCUT2D eigenvalue weighted by Gasteiger charge is -2.09. The highest BCUT2D eigenvalue weighted by atomic mass is 16.5. The van der Waals surface area contributed by atoms with E-state index in [-0.39, 0.29) is 12.8 Å². The summed E-state index contributed by atoms with van der Waals surface area (Å²) in [6.07, 6.45) is 3.50. The number of hydrogen-bond donors (Lipinski definition) is 3. The molecule has 1 aromatic rings. The SMILES string of the molecule is CCCc1ccc(OCNC(=O)NCCCNC=O)cc1. The van der Waals surface area contributed by atoms with E-state index in [1.165, 1.54) is 5.56 Å². The third kappa shape index (κ3) is 7.81. The summed E-state index contributed by atoms with van der Waals surface area (Å²) >= 11 is 0. The van der Waals surface area contributed by atoms with Crippen molar-refractivity contribution in [2.75, 3.05) is 19.8 Å².